The van der Waals surface area contributed by atoms with Crippen molar-refractivity contribution in [1.29, 1.82) is 0 Å². The van der Waals surface area contributed by atoms with Gasteiger partial charge in [-0.3, -0.25) is 4.68 Å². The summed E-state index contributed by atoms with van der Waals surface area (Å²) in [5.41, 5.74) is 0. The molecule has 0 atom stereocenters. The molecule has 1 N–H and O–H groups in total. The molecule has 0 unspecified atom stereocenters. The highest BCUT2D eigenvalue weighted by Gasteiger charge is 2.26. The number of nitrogens with one attached hydrogen (secondary N) is 1. The summed E-state index contributed by atoms with van der Waals surface area (Å²) in [5, 5.41) is 7.22. The SMILES string of the molecule is CNCCCn1cc(S(=O)(=O)N(C)CC2CCCC2)cn1. The summed E-state index contributed by atoms with van der Waals surface area (Å²) in [6.07, 6.45) is 8.75. The Morgan fingerprint density at radius 3 is 2.81 bits per heavy atom. The molecule has 0 spiro atoms. The van der Waals surface area contributed by atoms with Crippen molar-refractivity contribution < 1.29 is 8.42 Å². The molecule has 7 heteroatoms. The Bertz CT molecular complexity index is 535. The Hall–Kier alpha value is -0.920. The molecule has 1 aliphatic carbocycles. The Balaban J connectivity index is 1.97. The van der Waals surface area contributed by atoms with Crippen LogP contribution in [0.25, 0.3) is 0 Å². The second-order valence-electron chi connectivity index (χ2n) is 5.83. The van der Waals surface area contributed by atoms with Crippen molar-refractivity contribution in [3.63, 3.8) is 0 Å². The van der Waals surface area contributed by atoms with Crippen LogP contribution in [0.1, 0.15) is 32.1 Å². The molecule has 21 heavy (non-hydrogen) atoms. The van der Waals surface area contributed by atoms with E-state index in [4.69, 9.17) is 0 Å². The van der Waals surface area contributed by atoms with Gasteiger partial charge in [-0.15, -0.1) is 0 Å². The van der Waals surface area contributed by atoms with Gasteiger partial charge in [0.1, 0.15) is 4.90 Å². The van der Waals surface area contributed by atoms with Crippen molar-refractivity contribution >= 4 is 10.0 Å². The molecule has 2 rings (SSSR count). The van der Waals surface area contributed by atoms with Crippen LogP contribution < -0.4 is 5.32 Å². The number of rotatable bonds is 8. The summed E-state index contributed by atoms with van der Waals surface area (Å²) in [7, 11) is 0.171. The molecule has 120 valence electrons. The second-order valence-corrected chi connectivity index (χ2v) is 7.88. The number of nitrogens with zero attached hydrogens (tertiary/aromatic N) is 3. The van der Waals surface area contributed by atoms with Crippen LogP contribution in [-0.2, 0) is 16.6 Å². The molecular weight excluding hydrogens is 288 g/mol. The van der Waals surface area contributed by atoms with Crippen LogP contribution in [0.2, 0.25) is 0 Å². The van der Waals surface area contributed by atoms with E-state index in [-0.39, 0.29) is 0 Å². The van der Waals surface area contributed by atoms with E-state index in [1.54, 1.807) is 17.9 Å². The van der Waals surface area contributed by atoms with Crippen molar-refractivity contribution in [3.05, 3.63) is 12.4 Å². The molecule has 0 radical (unpaired) electrons. The van der Waals surface area contributed by atoms with Crippen LogP contribution in [-0.4, -0.2) is 49.7 Å². The number of aromatic nitrogens is 2. The molecule has 1 aromatic heterocycles. The van der Waals surface area contributed by atoms with Gasteiger partial charge in [-0.05, 0) is 38.8 Å². The first-order valence-corrected chi connectivity index (χ1v) is 9.11. The molecule has 0 aliphatic heterocycles. The van der Waals surface area contributed by atoms with Crippen LogP contribution >= 0.6 is 0 Å². The summed E-state index contributed by atoms with van der Waals surface area (Å²) in [4.78, 5) is 0.299. The van der Waals surface area contributed by atoms with E-state index in [9.17, 15) is 8.42 Å². The first-order valence-electron chi connectivity index (χ1n) is 7.67. The summed E-state index contributed by atoms with van der Waals surface area (Å²) in [6.45, 7) is 2.24. The van der Waals surface area contributed by atoms with Crippen LogP contribution in [0.3, 0.4) is 0 Å². The van der Waals surface area contributed by atoms with E-state index >= 15 is 0 Å². The molecule has 1 aliphatic rings. The largest absolute Gasteiger partial charge is 0.320 e. The minimum absolute atomic E-state index is 0.299. The highest BCUT2D eigenvalue weighted by molar-refractivity contribution is 7.89. The van der Waals surface area contributed by atoms with Crippen LogP contribution in [0.4, 0.5) is 0 Å². The maximum absolute atomic E-state index is 12.5. The van der Waals surface area contributed by atoms with Gasteiger partial charge in [0.05, 0.1) is 6.20 Å². The van der Waals surface area contributed by atoms with Crippen molar-refractivity contribution in [3.8, 4) is 0 Å². The standard InChI is InChI=1S/C14H26N4O2S/c1-15-8-5-9-18-12-14(10-16-18)21(19,20)17(2)11-13-6-3-4-7-13/h10,12-13,15H,3-9,11H2,1-2H3. The van der Waals surface area contributed by atoms with Gasteiger partial charge in [-0.1, -0.05) is 12.8 Å². The van der Waals surface area contributed by atoms with E-state index in [0.29, 0.717) is 17.4 Å². The minimum Gasteiger partial charge on any atom is -0.320 e. The summed E-state index contributed by atoms with van der Waals surface area (Å²) >= 11 is 0. The fourth-order valence-electron chi connectivity index (χ4n) is 2.85. The highest BCUT2D eigenvalue weighted by atomic mass is 32.2. The Kier molecular flexibility index (Phi) is 5.78. The monoisotopic (exact) mass is 314 g/mol. The highest BCUT2D eigenvalue weighted by Crippen LogP contribution is 2.26. The third kappa shape index (κ3) is 4.28. The second kappa shape index (κ2) is 7.38. The molecule has 0 amide bonds. The van der Waals surface area contributed by atoms with Gasteiger partial charge in [0, 0.05) is 26.3 Å². The van der Waals surface area contributed by atoms with Crippen molar-refractivity contribution in [1.82, 2.24) is 19.4 Å². The lowest BCUT2D eigenvalue weighted by molar-refractivity contribution is 0.387. The fourth-order valence-corrected chi connectivity index (χ4v) is 4.05. The molecular formula is C14H26N4O2S. The van der Waals surface area contributed by atoms with Crippen LogP contribution in [0, 0.1) is 5.92 Å². The molecule has 0 bridgehead atoms. The Morgan fingerprint density at radius 2 is 2.14 bits per heavy atom. The lowest BCUT2D eigenvalue weighted by Crippen LogP contribution is -2.31. The smallest absolute Gasteiger partial charge is 0.245 e. The van der Waals surface area contributed by atoms with E-state index < -0.39 is 10.0 Å². The van der Waals surface area contributed by atoms with Gasteiger partial charge in [0.25, 0.3) is 0 Å². The normalized spacial score (nSPS) is 16.9. The summed E-state index contributed by atoms with van der Waals surface area (Å²) in [6, 6.07) is 0. The van der Waals surface area contributed by atoms with Gasteiger partial charge in [-0.25, -0.2) is 12.7 Å². The van der Waals surface area contributed by atoms with Crippen molar-refractivity contribution in [2.24, 2.45) is 5.92 Å². The van der Waals surface area contributed by atoms with Gasteiger partial charge in [0.15, 0.2) is 0 Å². The third-order valence-electron chi connectivity index (χ3n) is 4.12. The summed E-state index contributed by atoms with van der Waals surface area (Å²) in [5.74, 6) is 0.510. The molecule has 0 saturated heterocycles. The average Bonchev–Trinajstić information content (AvgIpc) is 3.10. The molecule has 1 fully saturated rings. The van der Waals surface area contributed by atoms with Gasteiger partial charge < -0.3 is 5.32 Å². The first kappa shape index (κ1) is 16.5. The number of aryl methyl sites for hydroxylation is 1. The molecule has 1 saturated carbocycles. The first-order chi connectivity index (χ1) is 10.0. The van der Waals surface area contributed by atoms with E-state index in [1.165, 1.54) is 23.3 Å². The Labute approximate surface area is 127 Å². The minimum atomic E-state index is -3.40. The predicted octanol–water partition coefficient (Wildman–Crippen LogP) is 1.30. The predicted molar refractivity (Wildman–Crippen MR) is 82.5 cm³/mol. The van der Waals surface area contributed by atoms with Crippen molar-refractivity contribution in [2.75, 3.05) is 27.2 Å². The van der Waals surface area contributed by atoms with E-state index in [1.807, 2.05) is 7.05 Å². The molecule has 1 aromatic rings. The molecule has 1 heterocycles. The fraction of sp³-hybridized carbons (Fsp3) is 0.786. The maximum Gasteiger partial charge on any atom is 0.245 e. The third-order valence-corrected chi connectivity index (χ3v) is 5.90. The lowest BCUT2D eigenvalue weighted by atomic mass is 10.1. The van der Waals surface area contributed by atoms with Crippen molar-refractivity contribution in [2.45, 2.75) is 43.5 Å². The van der Waals surface area contributed by atoms with Gasteiger partial charge in [0.2, 0.25) is 10.0 Å². The van der Waals surface area contributed by atoms with Gasteiger partial charge in [-0.2, -0.15) is 5.10 Å². The van der Waals surface area contributed by atoms with E-state index in [2.05, 4.69) is 10.4 Å². The van der Waals surface area contributed by atoms with Gasteiger partial charge >= 0.3 is 0 Å². The topological polar surface area (TPSA) is 67.2 Å². The van der Waals surface area contributed by atoms with E-state index in [0.717, 1.165) is 32.4 Å². The van der Waals surface area contributed by atoms with Crippen LogP contribution in [0.15, 0.2) is 17.3 Å². The quantitative estimate of drug-likeness (QED) is 0.735. The zero-order valence-corrected chi connectivity index (χ0v) is 13.8. The van der Waals surface area contributed by atoms with Crippen LogP contribution in [0.5, 0.6) is 0 Å². The number of hydrogen-bond donors (Lipinski definition) is 1. The Morgan fingerprint density at radius 1 is 1.43 bits per heavy atom. The summed E-state index contributed by atoms with van der Waals surface area (Å²) < 4.78 is 28.2. The molecule has 0 aromatic carbocycles. The average molecular weight is 314 g/mol. The number of sulfonamides is 1. The zero-order valence-electron chi connectivity index (χ0n) is 13.0. The molecule has 6 nitrogen and oxygen atoms in total. The number of hydrogen-bond acceptors (Lipinski definition) is 4. The lowest BCUT2D eigenvalue weighted by Gasteiger charge is -2.19. The maximum atomic E-state index is 12.5. The zero-order chi connectivity index (χ0) is 15.3.